The number of thiocarbonyl (C=S) groups is 1. The molecule has 0 heterocycles. The van der Waals surface area contributed by atoms with Crippen LogP contribution < -0.4 is 15.4 Å². The zero-order valence-electron chi connectivity index (χ0n) is 15.0. The molecule has 24 heavy (non-hydrogen) atoms. The number of nitrogens with one attached hydrogen (secondary N) is 2. The van der Waals surface area contributed by atoms with Gasteiger partial charge in [0, 0.05) is 5.69 Å². The fraction of sp³-hybridized carbons (Fsp3) is 0.350. The average Bonchev–Trinajstić information content (AvgIpc) is 2.51. The van der Waals surface area contributed by atoms with E-state index in [-0.39, 0.29) is 12.1 Å². The predicted octanol–water partition coefficient (Wildman–Crippen LogP) is 5.14. The molecule has 0 bridgehead atoms. The third-order valence-electron chi connectivity index (χ3n) is 3.73. The van der Waals surface area contributed by atoms with Gasteiger partial charge in [0.1, 0.15) is 5.75 Å². The summed E-state index contributed by atoms with van der Waals surface area (Å²) in [5.74, 6) is 0.859. The van der Waals surface area contributed by atoms with E-state index in [1.54, 1.807) is 0 Å². The number of benzene rings is 2. The molecule has 2 N–H and O–H groups in total. The normalized spacial score (nSPS) is 11.9. The van der Waals surface area contributed by atoms with Gasteiger partial charge < -0.3 is 15.4 Å². The first-order valence-electron chi connectivity index (χ1n) is 8.26. The molecule has 2 rings (SSSR count). The van der Waals surface area contributed by atoms with Gasteiger partial charge in [-0.2, -0.15) is 0 Å². The van der Waals surface area contributed by atoms with Crippen molar-refractivity contribution in [1.29, 1.82) is 0 Å². The summed E-state index contributed by atoms with van der Waals surface area (Å²) in [4.78, 5) is 0. The molecule has 2 aromatic carbocycles. The lowest BCUT2D eigenvalue weighted by atomic mass is 10.0. The van der Waals surface area contributed by atoms with Crippen LogP contribution in [0, 0.1) is 13.8 Å². The first-order chi connectivity index (χ1) is 11.3. The van der Waals surface area contributed by atoms with Crippen molar-refractivity contribution in [3.05, 3.63) is 59.2 Å². The number of hydrogen-bond acceptors (Lipinski definition) is 2. The Hall–Kier alpha value is -2.07. The molecule has 1 atom stereocenters. The molecule has 0 amide bonds. The first-order valence-corrected chi connectivity index (χ1v) is 8.67. The van der Waals surface area contributed by atoms with Gasteiger partial charge in [0.15, 0.2) is 5.11 Å². The van der Waals surface area contributed by atoms with Crippen LogP contribution in [0.3, 0.4) is 0 Å². The van der Waals surface area contributed by atoms with Gasteiger partial charge in [-0.05, 0) is 82.2 Å². The molecular weight excluding hydrogens is 316 g/mol. The van der Waals surface area contributed by atoms with E-state index in [0.717, 1.165) is 11.4 Å². The quantitative estimate of drug-likeness (QED) is 0.737. The Morgan fingerprint density at radius 3 is 2.29 bits per heavy atom. The number of ether oxygens (including phenoxy) is 1. The molecule has 2 aromatic rings. The zero-order valence-corrected chi connectivity index (χ0v) is 15.8. The van der Waals surface area contributed by atoms with Gasteiger partial charge in [-0.15, -0.1) is 0 Å². The Kier molecular flexibility index (Phi) is 6.21. The molecule has 0 spiro atoms. The highest BCUT2D eigenvalue weighted by atomic mass is 32.1. The molecule has 0 saturated heterocycles. The number of rotatable bonds is 5. The maximum absolute atomic E-state index is 5.64. The van der Waals surface area contributed by atoms with Crippen LogP contribution >= 0.6 is 12.2 Å². The summed E-state index contributed by atoms with van der Waals surface area (Å²) in [6.45, 7) is 10.4. The molecule has 3 nitrogen and oxygen atoms in total. The molecule has 0 unspecified atom stereocenters. The van der Waals surface area contributed by atoms with Crippen LogP contribution in [0.4, 0.5) is 5.69 Å². The van der Waals surface area contributed by atoms with Crippen LogP contribution in [0.1, 0.15) is 43.5 Å². The highest BCUT2D eigenvalue weighted by molar-refractivity contribution is 7.80. The third kappa shape index (κ3) is 5.24. The van der Waals surface area contributed by atoms with Crippen molar-refractivity contribution in [3.63, 3.8) is 0 Å². The standard InChI is InChI=1S/C20H26N2OS/c1-13(2)23-18-10-8-17(9-11-18)22-20(24)21-16(5)19-12-14(3)6-7-15(19)4/h6-13,16H,1-5H3,(H2,21,22,24)/t16-/m0/s1. The maximum atomic E-state index is 5.64. The molecule has 0 aliphatic rings. The van der Waals surface area contributed by atoms with E-state index in [9.17, 15) is 0 Å². The van der Waals surface area contributed by atoms with Crippen LogP contribution in [0.15, 0.2) is 42.5 Å². The Bertz CT molecular complexity index is 695. The third-order valence-corrected chi connectivity index (χ3v) is 3.95. The molecule has 128 valence electrons. The summed E-state index contributed by atoms with van der Waals surface area (Å²) in [5, 5.41) is 7.18. The monoisotopic (exact) mass is 342 g/mol. The van der Waals surface area contributed by atoms with E-state index in [0.29, 0.717) is 5.11 Å². The van der Waals surface area contributed by atoms with Crippen molar-refractivity contribution in [1.82, 2.24) is 5.32 Å². The van der Waals surface area contributed by atoms with Gasteiger partial charge in [0.2, 0.25) is 0 Å². The summed E-state index contributed by atoms with van der Waals surface area (Å²) in [6, 6.07) is 14.4. The molecule has 0 fully saturated rings. The van der Waals surface area contributed by atoms with E-state index < -0.39 is 0 Å². The van der Waals surface area contributed by atoms with E-state index >= 15 is 0 Å². The van der Waals surface area contributed by atoms with Crippen LogP contribution in [-0.2, 0) is 0 Å². The predicted molar refractivity (Wildman–Crippen MR) is 106 cm³/mol. The fourth-order valence-electron chi connectivity index (χ4n) is 2.56. The molecular formula is C20H26N2OS. The van der Waals surface area contributed by atoms with Gasteiger partial charge in [-0.3, -0.25) is 0 Å². The Morgan fingerprint density at radius 1 is 1.00 bits per heavy atom. The van der Waals surface area contributed by atoms with Crippen molar-refractivity contribution < 1.29 is 4.74 Å². The Balaban J connectivity index is 1.96. The van der Waals surface area contributed by atoms with E-state index in [2.05, 4.69) is 49.6 Å². The SMILES string of the molecule is Cc1ccc(C)c([C@H](C)NC(=S)Nc2ccc(OC(C)C)cc2)c1. The molecule has 0 radical (unpaired) electrons. The van der Waals surface area contributed by atoms with Crippen molar-refractivity contribution >= 4 is 23.0 Å². The van der Waals surface area contributed by atoms with E-state index in [1.165, 1.54) is 16.7 Å². The lowest BCUT2D eigenvalue weighted by Crippen LogP contribution is -2.31. The lowest BCUT2D eigenvalue weighted by Gasteiger charge is -2.20. The van der Waals surface area contributed by atoms with Crippen LogP contribution in [-0.4, -0.2) is 11.2 Å². The largest absolute Gasteiger partial charge is 0.491 e. The minimum Gasteiger partial charge on any atom is -0.491 e. The van der Waals surface area contributed by atoms with Crippen molar-refractivity contribution in [2.45, 2.75) is 46.8 Å². The van der Waals surface area contributed by atoms with Crippen LogP contribution in [0.2, 0.25) is 0 Å². The number of anilines is 1. The van der Waals surface area contributed by atoms with Crippen molar-refractivity contribution in [3.8, 4) is 5.75 Å². The minimum atomic E-state index is 0.147. The van der Waals surface area contributed by atoms with Gasteiger partial charge in [-0.25, -0.2) is 0 Å². The van der Waals surface area contributed by atoms with E-state index in [4.69, 9.17) is 17.0 Å². The Labute approximate surface area is 150 Å². The number of hydrogen-bond donors (Lipinski definition) is 2. The minimum absolute atomic E-state index is 0.147. The molecule has 0 aliphatic heterocycles. The second kappa shape index (κ2) is 8.15. The van der Waals surface area contributed by atoms with Gasteiger partial charge in [-0.1, -0.05) is 23.8 Å². The van der Waals surface area contributed by atoms with E-state index in [1.807, 2.05) is 38.1 Å². The number of aryl methyl sites for hydroxylation is 2. The Morgan fingerprint density at radius 2 is 1.67 bits per heavy atom. The van der Waals surface area contributed by atoms with Crippen LogP contribution in [0.25, 0.3) is 0 Å². The summed E-state index contributed by atoms with van der Waals surface area (Å²) in [6.07, 6.45) is 0.171. The summed E-state index contributed by atoms with van der Waals surface area (Å²) in [7, 11) is 0. The van der Waals surface area contributed by atoms with Crippen LogP contribution in [0.5, 0.6) is 5.75 Å². The summed E-state index contributed by atoms with van der Waals surface area (Å²) in [5.41, 5.74) is 4.72. The first kappa shape index (κ1) is 18.3. The highest BCUT2D eigenvalue weighted by Crippen LogP contribution is 2.20. The molecule has 0 aliphatic carbocycles. The van der Waals surface area contributed by atoms with Gasteiger partial charge in [0.25, 0.3) is 0 Å². The fourth-order valence-corrected chi connectivity index (χ4v) is 2.85. The molecule has 0 aromatic heterocycles. The topological polar surface area (TPSA) is 33.3 Å². The summed E-state index contributed by atoms with van der Waals surface area (Å²) >= 11 is 5.44. The van der Waals surface area contributed by atoms with Crippen molar-refractivity contribution in [2.24, 2.45) is 0 Å². The summed E-state index contributed by atoms with van der Waals surface area (Å²) < 4.78 is 5.64. The average molecular weight is 343 g/mol. The molecule has 4 heteroatoms. The van der Waals surface area contributed by atoms with Gasteiger partial charge >= 0.3 is 0 Å². The smallest absolute Gasteiger partial charge is 0.171 e. The maximum Gasteiger partial charge on any atom is 0.171 e. The molecule has 0 saturated carbocycles. The highest BCUT2D eigenvalue weighted by Gasteiger charge is 2.10. The second-order valence-electron chi connectivity index (χ2n) is 6.37. The lowest BCUT2D eigenvalue weighted by molar-refractivity contribution is 0.242. The zero-order chi connectivity index (χ0) is 17.7. The van der Waals surface area contributed by atoms with Gasteiger partial charge in [0.05, 0.1) is 12.1 Å². The van der Waals surface area contributed by atoms with Crippen molar-refractivity contribution in [2.75, 3.05) is 5.32 Å². The second-order valence-corrected chi connectivity index (χ2v) is 6.78.